The molecule has 26 heavy (non-hydrogen) atoms. The monoisotopic (exact) mass is 347 g/mol. The fourth-order valence-corrected chi connectivity index (χ4v) is 2.75. The molecule has 0 bridgehead atoms. The summed E-state index contributed by atoms with van der Waals surface area (Å²) in [4.78, 5) is 0. The lowest BCUT2D eigenvalue weighted by molar-refractivity contribution is 0.294. The van der Waals surface area contributed by atoms with Gasteiger partial charge in [0, 0.05) is 0 Å². The van der Waals surface area contributed by atoms with Gasteiger partial charge in [0.25, 0.3) is 0 Å². The minimum atomic E-state index is 0.556. The Bertz CT molecular complexity index is 788. The number of aryl methyl sites for hydroxylation is 1. The molecule has 0 aliphatic heterocycles. The zero-order valence-corrected chi connectivity index (χ0v) is 14.9. The Kier molecular flexibility index (Phi) is 6.68. The third-order valence-corrected chi connectivity index (χ3v) is 4.17. The van der Waals surface area contributed by atoms with E-state index < -0.39 is 0 Å². The fraction of sp³-hybridized carbons (Fsp3) is 0.217. The Balaban J connectivity index is 1.68. The van der Waals surface area contributed by atoms with Crippen LogP contribution in [0.15, 0.2) is 78.9 Å². The third kappa shape index (κ3) is 5.36. The van der Waals surface area contributed by atoms with Gasteiger partial charge in [-0.25, -0.2) is 0 Å². The van der Waals surface area contributed by atoms with Crippen molar-refractivity contribution < 1.29 is 9.47 Å². The highest BCUT2D eigenvalue weighted by Gasteiger charge is 2.07. The van der Waals surface area contributed by atoms with Crippen molar-refractivity contribution in [2.24, 2.45) is 5.73 Å². The van der Waals surface area contributed by atoms with Gasteiger partial charge in [-0.2, -0.15) is 0 Å². The molecule has 0 atom stereocenters. The topological polar surface area (TPSA) is 44.5 Å². The molecule has 3 aromatic rings. The number of ether oxygens (including phenoxy) is 2. The maximum absolute atomic E-state index is 6.04. The summed E-state index contributed by atoms with van der Waals surface area (Å²) >= 11 is 0. The first-order valence-electron chi connectivity index (χ1n) is 9.01. The quantitative estimate of drug-likeness (QED) is 0.608. The molecular weight excluding hydrogens is 322 g/mol. The molecule has 0 aromatic heterocycles. The summed E-state index contributed by atoms with van der Waals surface area (Å²) in [7, 11) is 0. The lowest BCUT2D eigenvalue weighted by Crippen LogP contribution is -2.04. The van der Waals surface area contributed by atoms with Crippen LogP contribution in [0.25, 0.3) is 0 Å². The summed E-state index contributed by atoms with van der Waals surface area (Å²) in [5, 5.41) is 0. The second kappa shape index (κ2) is 9.64. The standard InChI is InChI=1S/C23H25NO2/c24-15-7-12-21-16-22(25-17-19-8-3-1-4-9-19)13-14-23(21)26-18-20-10-5-2-6-11-20/h1-6,8-11,13-14,16H,7,12,15,17-18,24H2. The van der Waals surface area contributed by atoms with Crippen LogP contribution in [-0.4, -0.2) is 6.54 Å². The number of benzene rings is 3. The predicted octanol–water partition coefficient (Wildman–Crippen LogP) is 4.74. The van der Waals surface area contributed by atoms with E-state index in [4.69, 9.17) is 15.2 Å². The summed E-state index contributed by atoms with van der Waals surface area (Å²) in [6.07, 6.45) is 1.80. The van der Waals surface area contributed by atoms with Crippen molar-refractivity contribution in [2.75, 3.05) is 6.54 Å². The number of hydrogen-bond acceptors (Lipinski definition) is 3. The summed E-state index contributed by atoms with van der Waals surface area (Å²) in [6, 6.07) is 26.4. The second-order valence-electron chi connectivity index (χ2n) is 6.21. The Morgan fingerprint density at radius 3 is 1.92 bits per heavy atom. The van der Waals surface area contributed by atoms with E-state index in [0.29, 0.717) is 19.8 Å². The molecule has 0 spiro atoms. The van der Waals surface area contributed by atoms with Crippen LogP contribution >= 0.6 is 0 Å². The van der Waals surface area contributed by atoms with E-state index in [1.165, 1.54) is 0 Å². The van der Waals surface area contributed by atoms with Crippen molar-refractivity contribution in [1.82, 2.24) is 0 Å². The van der Waals surface area contributed by atoms with Gasteiger partial charge >= 0.3 is 0 Å². The molecule has 0 unspecified atom stereocenters. The van der Waals surface area contributed by atoms with Crippen molar-refractivity contribution in [3.05, 3.63) is 95.6 Å². The minimum absolute atomic E-state index is 0.556. The molecule has 0 heterocycles. The van der Waals surface area contributed by atoms with Crippen molar-refractivity contribution in [2.45, 2.75) is 26.1 Å². The Hall–Kier alpha value is -2.78. The van der Waals surface area contributed by atoms with Gasteiger partial charge in [-0.1, -0.05) is 60.7 Å². The summed E-state index contributed by atoms with van der Waals surface area (Å²) in [5.41, 5.74) is 9.14. The number of nitrogens with two attached hydrogens (primary N) is 1. The molecule has 134 valence electrons. The van der Waals surface area contributed by atoms with Crippen LogP contribution in [0.1, 0.15) is 23.1 Å². The molecule has 0 aliphatic carbocycles. The van der Waals surface area contributed by atoms with Crippen LogP contribution in [0.4, 0.5) is 0 Å². The van der Waals surface area contributed by atoms with E-state index in [2.05, 4.69) is 30.3 Å². The van der Waals surface area contributed by atoms with Crippen molar-refractivity contribution >= 4 is 0 Å². The van der Waals surface area contributed by atoms with Gasteiger partial charge in [0.05, 0.1) is 0 Å². The molecule has 0 fully saturated rings. The Morgan fingerprint density at radius 2 is 1.31 bits per heavy atom. The maximum Gasteiger partial charge on any atom is 0.123 e. The highest BCUT2D eigenvalue weighted by atomic mass is 16.5. The molecule has 2 N–H and O–H groups in total. The van der Waals surface area contributed by atoms with Crippen LogP contribution < -0.4 is 15.2 Å². The number of rotatable bonds is 9. The van der Waals surface area contributed by atoms with Crippen LogP contribution in [0.2, 0.25) is 0 Å². The molecule has 0 amide bonds. The summed E-state index contributed by atoms with van der Waals surface area (Å²) < 4.78 is 12.0. The molecule has 0 saturated heterocycles. The molecule has 0 radical (unpaired) electrons. The molecule has 3 heteroatoms. The maximum atomic E-state index is 6.04. The predicted molar refractivity (Wildman–Crippen MR) is 105 cm³/mol. The van der Waals surface area contributed by atoms with E-state index >= 15 is 0 Å². The number of hydrogen-bond donors (Lipinski definition) is 1. The lowest BCUT2D eigenvalue weighted by Gasteiger charge is -2.14. The Labute approximate surface area is 155 Å². The van der Waals surface area contributed by atoms with Crippen LogP contribution in [0, 0.1) is 0 Å². The summed E-state index contributed by atoms with van der Waals surface area (Å²) in [6.45, 7) is 1.77. The normalized spacial score (nSPS) is 10.5. The van der Waals surface area contributed by atoms with Crippen LogP contribution in [0.5, 0.6) is 11.5 Å². The smallest absolute Gasteiger partial charge is 0.123 e. The first-order chi connectivity index (χ1) is 12.8. The molecule has 0 saturated carbocycles. The molecule has 3 aromatic carbocycles. The zero-order chi connectivity index (χ0) is 18.0. The van der Waals surface area contributed by atoms with Gasteiger partial charge < -0.3 is 15.2 Å². The molecule has 3 rings (SSSR count). The van der Waals surface area contributed by atoms with E-state index in [0.717, 1.165) is 41.0 Å². The van der Waals surface area contributed by atoms with Crippen molar-refractivity contribution in [1.29, 1.82) is 0 Å². The van der Waals surface area contributed by atoms with Gasteiger partial charge in [-0.3, -0.25) is 0 Å². The van der Waals surface area contributed by atoms with Gasteiger partial charge in [0.1, 0.15) is 24.7 Å². The first kappa shape index (κ1) is 18.0. The van der Waals surface area contributed by atoms with Gasteiger partial charge in [0.15, 0.2) is 0 Å². The Morgan fingerprint density at radius 1 is 0.692 bits per heavy atom. The summed E-state index contributed by atoms with van der Waals surface area (Å²) in [5.74, 6) is 1.75. The molecular formula is C23H25NO2. The molecule has 3 nitrogen and oxygen atoms in total. The average Bonchev–Trinajstić information content (AvgIpc) is 2.71. The highest BCUT2D eigenvalue weighted by molar-refractivity contribution is 5.40. The van der Waals surface area contributed by atoms with Crippen molar-refractivity contribution in [3.8, 4) is 11.5 Å². The van der Waals surface area contributed by atoms with Gasteiger partial charge in [-0.15, -0.1) is 0 Å². The zero-order valence-electron chi connectivity index (χ0n) is 14.9. The average molecular weight is 347 g/mol. The largest absolute Gasteiger partial charge is 0.489 e. The lowest BCUT2D eigenvalue weighted by atomic mass is 10.1. The van der Waals surface area contributed by atoms with E-state index in [1.807, 2.05) is 48.5 Å². The minimum Gasteiger partial charge on any atom is -0.489 e. The van der Waals surface area contributed by atoms with Gasteiger partial charge in [0.2, 0.25) is 0 Å². The third-order valence-electron chi connectivity index (χ3n) is 4.17. The van der Waals surface area contributed by atoms with E-state index in [-0.39, 0.29) is 0 Å². The highest BCUT2D eigenvalue weighted by Crippen LogP contribution is 2.27. The SMILES string of the molecule is NCCCc1cc(OCc2ccccc2)ccc1OCc1ccccc1. The van der Waals surface area contributed by atoms with E-state index in [1.54, 1.807) is 0 Å². The van der Waals surface area contributed by atoms with Gasteiger partial charge in [-0.05, 0) is 54.3 Å². The van der Waals surface area contributed by atoms with E-state index in [9.17, 15) is 0 Å². The van der Waals surface area contributed by atoms with Crippen LogP contribution in [0.3, 0.4) is 0 Å². The van der Waals surface area contributed by atoms with Crippen LogP contribution in [-0.2, 0) is 19.6 Å². The second-order valence-corrected chi connectivity index (χ2v) is 6.21. The first-order valence-corrected chi connectivity index (χ1v) is 9.01. The fourth-order valence-electron chi connectivity index (χ4n) is 2.75. The van der Waals surface area contributed by atoms with Crippen molar-refractivity contribution in [3.63, 3.8) is 0 Å². The molecule has 0 aliphatic rings.